The lowest BCUT2D eigenvalue weighted by Gasteiger charge is -2.09. The lowest BCUT2D eigenvalue weighted by Crippen LogP contribution is -2.11. The van der Waals surface area contributed by atoms with Crippen LogP contribution < -0.4 is 0 Å². The molecule has 0 saturated carbocycles. The van der Waals surface area contributed by atoms with E-state index in [1.165, 1.54) is 0 Å². The molecule has 0 fully saturated rings. The predicted molar refractivity (Wildman–Crippen MR) is 56.2 cm³/mol. The topological polar surface area (TPSA) is 36.9 Å². The zero-order valence-electron chi connectivity index (χ0n) is 10.2. The Morgan fingerprint density at radius 2 is 1.14 bits per heavy atom. The smallest absolute Gasteiger partial charge is 0.154 e. The van der Waals surface area contributed by atoms with Gasteiger partial charge >= 0.3 is 0 Å². The molecule has 4 nitrogen and oxygen atoms in total. The summed E-state index contributed by atoms with van der Waals surface area (Å²) in [5.41, 5.74) is 0. The molecule has 0 aliphatic heterocycles. The van der Waals surface area contributed by atoms with Crippen molar-refractivity contribution in [1.82, 2.24) is 0 Å². The molecule has 0 saturated heterocycles. The second-order valence-corrected chi connectivity index (χ2v) is 2.52. The molecule has 0 radical (unpaired) electrons. The molecule has 0 aromatic rings. The van der Waals surface area contributed by atoms with Crippen molar-refractivity contribution in [3.8, 4) is 0 Å². The van der Waals surface area contributed by atoms with Crippen molar-refractivity contribution in [1.29, 1.82) is 0 Å². The number of rotatable bonds is 6. The van der Waals surface area contributed by atoms with Gasteiger partial charge in [0.05, 0.1) is 0 Å². The molecular formula is C10H24O4. The van der Waals surface area contributed by atoms with Gasteiger partial charge in [-0.25, -0.2) is 0 Å². The first-order valence-electron chi connectivity index (χ1n) is 4.91. The van der Waals surface area contributed by atoms with Crippen LogP contribution in [0, 0.1) is 0 Å². The van der Waals surface area contributed by atoms with E-state index < -0.39 is 0 Å². The number of hydrogen-bond donors (Lipinski definition) is 0. The third-order valence-electron chi connectivity index (χ3n) is 1.47. The van der Waals surface area contributed by atoms with E-state index in [-0.39, 0.29) is 12.6 Å². The molecule has 0 aromatic heterocycles. The highest BCUT2D eigenvalue weighted by atomic mass is 16.7. The molecule has 14 heavy (non-hydrogen) atoms. The largest absolute Gasteiger partial charge is 0.356 e. The first kappa shape index (κ1) is 16.3. The van der Waals surface area contributed by atoms with Crippen LogP contribution in [0.2, 0.25) is 0 Å². The van der Waals surface area contributed by atoms with Crippen LogP contribution in [-0.2, 0) is 18.9 Å². The lowest BCUT2D eigenvalue weighted by molar-refractivity contribution is -0.123. The molecule has 0 heterocycles. The van der Waals surface area contributed by atoms with Crippen molar-refractivity contribution in [2.75, 3.05) is 27.4 Å². The molecule has 4 heteroatoms. The molecule has 0 rings (SSSR count). The van der Waals surface area contributed by atoms with E-state index >= 15 is 0 Å². The highest BCUT2D eigenvalue weighted by molar-refractivity contribution is 4.26. The van der Waals surface area contributed by atoms with Crippen LogP contribution in [-0.4, -0.2) is 40.0 Å². The average Bonchev–Trinajstić information content (AvgIpc) is 2.18. The minimum atomic E-state index is -0.0648. The van der Waals surface area contributed by atoms with E-state index in [1.807, 2.05) is 27.7 Å². The summed E-state index contributed by atoms with van der Waals surface area (Å²) in [6.07, 6.45) is -0.102. The van der Waals surface area contributed by atoms with E-state index in [1.54, 1.807) is 14.2 Å². The summed E-state index contributed by atoms with van der Waals surface area (Å²) in [5.74, 6) is 0. The fourth-order valence-electron chi connectivity index (χ4n) is 0.614. The minimum absolute atomic E-state index is 0.0370. The molecule has 0 N–H and O–H groups in total. The van der Waals surface area contributed by atoms with Crippen LogP contribution in [0.4, 0.5) is 0 Å². The van der Waals surface area contributed by atoms with Gasteiger partial charge in [0.15, 0.2) is 12.6 Å². The Bertz CT molecular complexity index is 88.1. The summed E-state index contributed by atoms with van der Waals surface area (Å²) in [6, 6.07) is 0. The van der Waals surface area contributed by atoms with Crippen molar-refractivity contribution >= 4 is 0 Å². The molecule has 0 unspecified atom stereocenters. The Balaban J connectivity index is 0. The average molecular weight is 208 g/mol. The highest BCUT2D eigenvalue weighted by Crippen LogP contribution is 1.90. The van der Waals surface area contributed by atoms with E-state index in [9.17, 15) is 0 Å². The molecule has 88 valence electrons. The fraction of sp³-hybridized carbons (Fsp3) is 1.00. The maximum absolute atomic E-state index is 5.06. The number of hydrogen-bond acceptors (Lipinski definition) is 4. The molecule has 0 amide bonds. The van der Waals surface area contributed by atoms with Crippen LogP contribution in [0.5, 0.6) is 0 Å². The maximum atomic E-state index is 5.06. The van der Waals surface area contributed by atoms with Gasteiger partial charge in [-0.1, -0.05) is 0 Å². The van der Waals surface area contributed by atoms with Gasteiger partial charge in [0.2, 0.25) is 0 Å². The van der Waals surface area contributed by atoms with Crippen LogP contribution in [0.1, 0.15) is 27.7 Å². The van der Waals surface area contributed by atoms with Crippen molar-refractivity contribution in [3.05, 3.63) is 0 Å². The third kappa shape index (κ3) is 14.4. The van der Waals surface area contributed by atoms with Gasteiger partial charge in [-0.3, -0.25) is 0 Å². The zero-order valence-corrected chi connectivity index (χ0v) is 10.2. The summed E-state index contributed by atoms with van der Waals surface area (Å²) in [5, 5.41) is 0. The van der Waals surface area contributed by atoms with Gasteiger partial charge in [-0.2, -0.15) is 0 Å². The van der Waals surface area contributed by atoms with Crippen molar-refractivity contribution in [2.45, 2.75) is 40.3 Å². The molecule has 0 atom stereocenters. The molecule has 0 bridgehead atoms. The summed E-state index contributed by atoms with van der Waals surface area (Å²) in [6.45, 7) is 9.08. The van der Waals surface area contributed by atoms with E-state index in [0.717, 1.165) is 13.2 Å². The predicted octanol–water partition coefficient (Wildman–Crippen LogP) is 2.03. The van der Waals surface area contributed by atoms with E-state index in [2.05, 4.69) is 9.47 Å². The fourth-order valence-corrected chi connectivity index (χ4v) is 0.614. The highest BCUT2D eigenvalue weighted by Gasteiger charge is 1.94. The van der Waals surface area contributed by atoms with Gasteiger partial charge < -0.3 is 18.9 Å². The summed E-state index contributed by atoms with van der Waals surface area (Å²) in [7, 11) is 3.21. The monoisotopic (exact) mass is 208 g/mol. The van der Waals surface area contributed by atoms with Gasteiger partial charge in [-0.15, -0.1) is 0 Å². The Kier molecular flexibility index (Phi) is 14.9. The molecule has 0 aliphatic rings. The normalized spacial score (nSPS) is 10.3. The Morgan fingerprint density at radius 1 is 0.786 bits per heavy atom. The SMILES string of the molecule is CCOC(C)OCC.COC(C)OC. The minimum Gasteiger partial charge on any atom is -0.356 e. The summed E-state index contributed by atoms with van der Waals surface area (Å²) >= 11 is 0. The van der Waals surface area contributed by atoms with Crippen LogP contribution in [0.15, 0.2) is 0 Å². The quantitative estimate of drug-likeness (QED) is 0.626. The number of ether oxygens (including phenoxy) is 4. The van der Waals surface area contributed by atoms with Gasteiger partial charge in [0.1, 0.15) is 0 Å². The van der Waals surface area contributed by atoms with Gasteiger partial charge in [-0.05, 0) is 27.7 Å². The molecule has 0 aliphatic carbocycles. The first-order valence-corrected chi connectivity index (χ1v) is 4.91. The van der Waals surface area contributed by atoms with Crippen LogP contribution in [0.3, 0.4) is 0 Å². The van der Waals surface area contributed by atoms with E-state index in [4.69, 9.17) is 9.47 Å². The second kappa shape index (κ2) is 12.8. The molecular weight excluding hydrogens is 184 g/mol. The van der Waals surface area contributed by atoms with E-state index in [0.29, 0.717) is 0 Å². The summed E-state index contributed by atoms with van der Waals surface area (Å²) < 4.78 is 19.5. The number of methoxy groups -OCH3 is 2. The maximum Gasteiger partial charge on any atom is 0.154 e. The van der Waals surface area contributed by atoms with Crippen LogP contribution >= 0.6 is 0 Å². The van der Waals surface area contributed by atoms with Crippen molar-refractivity contribution in [2.24, 2.45) is 0 Å². The van der Waals surface area contributed by atoms with Crippen molar-refractivity contribution in [3.63, 3.8) is 0 Å². The Hall–Kier alpha value is -0.160. The lowest BCUT2D eigenvalue weighted by atomic mass is 10.7. The molecule has 0 aromatic carbocycles. The second-order valence-electron chi connectivity index (χ2n) is 2.52. The van der Waals surface area contributed by atoms with Crippen LogP contribution in [0.25, 0.3) is 0 Å². The first-order chi connectivity index (χ1) is 6.62. The Morgan fingerprint density at radius 3 is 1.29 bits per heavy atom. The van der Waals surface area contributed by atoms with Gasteiger partial charge in [0.25, 0.3) is 0 Å². The molecule has 0 spiro atoms. The zero-order chi connectivity index (χ0) is 11.4. The van der Waals surface area contributed by atoms with Crippen molar-refractivity contribution < 1.29 is 18.9 Å². The van der Waals surface area contributed by atoms with Gasteiger partial charge in [0, 0.05) is 27.4 Å². The summed E-state index contributed by atoms with van der Waals surface area (Å²) in [4.78, 5) is 0. The Labute approximate surface area is 87.5 Å². The third-order valence-corrected chi connectivity index (χ3v) is 1.47. The standard InChI is InChI=1S/C6H14O2.C4H10O2/c1-4-7-6(3)8-5-2;1-4(5-2)6-3/h6H,4-5H2,1-3H3;4H,1-3H3.